The zero-order chi connectivity index (χ0) is 14.2. The molecule has 1 aromatic carbocycles. The molecule has 0 aliphatic rings. The minimum atomic E-state index is -3.38. The van der Waals surface area contributed by atoms with Crippen LogP contribution in [0.1, 0.15) is 6.92 Å². The molecule has 0 saturated heterocycles. The quantitative estimate of drug-likeness (QED) is 0.740. The van der Waals surface area contributed by atoms with E-state index >= 15 is 0 Å². The molecule has 0 saturated carbocycles. The summed E-state index contributed by atoms with van der Waals surface area (Å²) in [6.45, 7) is 1.59. The molecule has 5 nitrogen and oxygen atoms in total. The zero-order valence-corrected chi connectivity index (χ0v) is 11.5. The third-order valence-electron chi connectivity index (χ3n) is 2.92. The summed E-state index contributed by atoms with van der Waals surface area (Å²) >= 11 is 0. The number of sulfone groups is 1. The van der Waals surface area contributed by atoms with Crippen LogP contribution in [-0.2, 0) is 9.84 Å². The Morgan fingerprint density at radius 2 is 2.20 bits per heavy atom. The molecule has 1 radical (unpaired) electrons. The van der Waals surface area contributed by atoms with Gasteiger partial charge in [0.15, 0.2) is 15.4 Å². The summed E-state index contributed by atoms with van der Waals surface area (Å²) in [7, 11) is -3.38. The molecule has 0 aliphatic heterocycles. The highest BCUT2D eigenvalue weighted by atomic mass is 32.2. The van der Waals surface area contributed by atoms with Gasteiger partial charge in [-0.25, -0.2) is 18.4 Å². The fraction of sp³-hybridized carbons (Fsp3) is 0.143. The fourth-order valence-corrected chi connectivity index (χ4v) is 2.91. The first kappa shape index (κ1) is 12.8. The van der Waals surface area contributed by atoms with Crippen LogP contribution in [0.2, 0.25) is 0 Å². The summed E-state index contributed by atoms with van der Waals surface area (Å²) in [5.74, 6) is 0.201. The molecule has 0 aliphatic carbocycles. The van der Waals surface area contributed by atoms with Gasteiger partial charge in [-0.3, -0.25) is 0 Å². The number of aromatic nitrogens is 2. The van der Waals surface area contributed by atoms with Crippen molar-refractivity contribution in [2.75, 3.05) is 5.75 Å². The van der Waals surface area contributed by atoms with Crippen molar-refractivity contribution < 1.29 is 12.8 Å². The minimum Gasteiger partial charge on any atom is -0.435 e. The zero-order valence-electron chi connectivity index (χ0n) is 10.7. The summed E-state index contributed by atoms with van der Waals surface area (Å²) in [4.78, 5) is 8.52. The van der Waals surface area contributed by atoms with Gasteiger partial charge in [-0.15, -0.1) is 0 Å². The Hall–Kier alpha value is -2.21. The Kier molecular flexibility index (Phi) is 3.02. The van der Waals surface area contributed by atoms with Crippen LogP contribution in [0.25, 0.3) is 22.7 Å². The lowest BCUT2D eigenvalue weighted by Crippen LogP contribution is -2.06. The largest absolute Gasteiger partial charge is 0.435 e. The summed E-state index contributed by atoms with van der Waals surface area (Å²) in [5, 5.41) is 0. The van der Waals surface area contributed by atoms with E-state index in [0.717, 1.165) is 0 Å². The summed E-state index contributed by atoms with van der Waals surface area (Å²) in [5.41, 5.74) is 1.43. The molecule has 2 heterocycles. The van der Waals surface area contributed by atoms with Crippen molar-refractivity contribution in [2.45, 2.75) is 11.8 Å². The number of hydrogen-bond acceptors (Lipinski definition) is 5. The van der Waals surface area contributed by atoms with E-state index in [9.17, 15) is 8.42 Å². The average molecular weight is 287 g/mol. The maximum Gasteiger partial charge on any atom is 0.247 e. The molecule has 20 heavy (non-hydrogen) atoms. The van der Waals surface area contributed by atoms with Crippen molar-refractivity contribution in [3.8, 4) is 11.6 Å². The monoisotopic (exact) mass is 287 g/mol. The van der Waals surface area contributed by atoms with Gasteiger partial charge in [0.2, 0.25) is 5.89 Å². The number of rotatable bonds is 3. The van der Waals surface area contributed by atoms with Gasteiger partial charge in [-0.05, 0) is 30.3 Å². The van der Waals surface area contributed by atoms with E-state index in [1.807, 2.05) is 0 Å². The van der Waals surface area contributed by atoms with E-state index in [1.54, 1.807) is 31.2 Å². The first-order valence-electron chi connectivity index (χ1n) is 6.06. The lowest BCUT2D eigenvalue weighted by molar-refractivity contribution is 0.592. The second-order valence-corrected chi connectivity index (χ2v) is 6.41. The van der Waals surface area contributed by atoms with Crippen molar-refractivity contribution in [3.63, 3.8) is 0 Å². The van der Waals surface area contributed by atoms with Crippen LogP contribution < -0.4 is 0 Å². The fourth-order valence-electron chi connectivity index (χ4n) is 1.88. The third-order valence-corrected chi connectivity index (χ3v) is 4.68. The number of nitrogens with zero attached hydrogens (tertiary/aromatic N) is 2. The lowest BCUT2D eigenvalue weighted by atomic mass is 10.3. The van der Waals surface area contributed by atoms with Gasteiger partial charge in [0.25, 0.3) is 0 Å². The number of benzene rings is 1. The molecule has 3 aromatic rings. The molecule has 0 N–H and O–H groups in total. The van der Waals surface area contributed by atoms with Gasteiger partial charge >= 0.3 is 0 Å². The number of hydrogen-bond donors (Lipinski definition) is 0. The maximum atomic E-state index is 12.1. The molecular weight excluding hydrogens is 276 g/mol. The van der Waals surface area contributed by atoms with E-state index in [4.69, 9.17) is 4.42 Å². The molecule has 0 bridgehead atoms. The van der Waals surface area contributed by atoms with E-state index in [0.29, 0.717) is 11.1 Å². The lowest BCUT2D eigenvalue weighted by Gasteiger charge is -2.04. The highest BCUT2D eigenvalue weighted by Crippen LogP contribution is 2.28. The molecule has 0 unspecified atom stereocenters. The van der Waals surface area contributed by atoms with Gasteiger partial charge in [-0.2, -0.15) is 0 Å². The Balaban J connectivity index is 2.25. The van der Waals surface area contributed by atoms with E-state index in [2.05, 4.69) is 16.0 Å². The highest BCUT2D eigenvalue weighted by molar-refractivity contribution is 7.91. The number of fused-ring (bicyclic) bond motifs is 1. The molecule has 0 spiro atoms. The van der Waals surface area contributed by atoms with Crippen molar-refractivity contribution in [2.24, 2.45) is 0 Å². The molecular formula is C14H11N2O3S. The number of pyridine rings is 1. The van der Waals surface area contributed by atoms with Crippen LogP contribution in [0.5, 0.6) is 0 Å². The third kappa shape index (κ3) is 2.08. The summed E-state index contributed by atoms with van der Waals surface area (Å²) in [6, 6.07) is 11.1. The Labute approximate surface area is 116 Å². The average Bonchev–Trinajstić information content (AvgIpc) is 2.91. The maximum absolute atomic E-state index is 12.1. The van der Waals surface area contributed by atoms with Crippen molar-refractivity contribution >= 4 is 20.9 Å². The van der Waals surface area contributed by atoms with E-state index in [1.165, 1.54) is 12.3 Å². The summed E-state index contributed by atoms with van der Waals surface area (Å²) in [6.07, 6.45) is 1.52. The molecule has 101 valence electrons. The van der Waals surface area contributed by atoms with Crippen molar-refractivity contribution in [1.29, 1.82) is 0 Å². The second kappa shape index (κ2) is 4.72. The van der Waals surface area contributed by atoms with Crippen LogP contribution in [0.3, 0.4) is 0 Å². The first-order chi connectivity index (χ1) is 9.62. The van der Waals surface area contributed by atoms with Gasteiger partial charge < -0.3 is 4.42 Å². The number of oxazole rings is 1. The van der Waals surface area contributed by atoms with Gasteiger partial charge in [-0.1, -0.05) is 13.0 Å². The Morgan fingerprint density at radius 1 is 1.35 bits per heavy atom. The van der Waals surface area contributed by atoms with Gasteiger partial charge in [0, 0.05) is 6.20 Å². The Morgan fingerprint density at radius 3 is 2.95 bits per heavy atom. The minimum absolute atomic E-state index is 0.000298. The molecule has 0 fully saturated rings. The Bertz CT molecular complexity index is 836. The first-order valence-corrected chi connectivity index (χ1v) is 7.72. The second-order valence-electron chi connectivity index (χ2n) is 4.17. The molecule has 6 heteroatoms. The van der Waals surface area contributed by atoms with Crippen molar-refractivity contribution in [1.82, 2.24) is 9.97 Å². The predicted octanol–water partition coefficient (Wildman–Crippen LogP) is 2.48. The smallest absolute Gasteiger partial charge is 0.247 e. The topological polar surface area (TPSA) is 73.1 Å². The molecule has 0 amide bonds. The van der Waals surface area contributed by atoms with E-state index in [-0.39, 0.29) is 22.2 Å². The standard InChI is InChI=1S/C14H11N2O3S/c1-2-20(17,18)12-8-5-9-15-13(12)14-16-10-6-3-4-7-11(10)19-14/h4-9H,2H2,1H3. The van der Waals surface area contributed by atoms with Crippen molar-refractivity contribution in [3.05, 3.63) is 42.6 Å². The van der Waals surface area contributed by atoms with Crippen LogP contribution in [-0.4, -0.2) is 24.1 Å². The normalized spacial score (nSPS) is 11.8. The highest BCUT2D eigenvalue weighted by Gasteiger charge is 2.21. The van der Waals surface area contributed by atoms with Crippen LogP contribution in [0.15, 0.2) is 45.8 Å². The van der Waals surface area contributed by atoms with Crippen LogP contribution in [0, 0.1) is 6.07 Å². The van der Waals surface area contributed by atoms with Gasteiger partial charge in [0.1, 0.15) is 11.2 Å². The molecule has 2 aromatic heterocycles. The SMILES string of the molecule is CCS(=O)(=O)c1cccnc1-c1nc2c[c]ccc2o1. The molecule has 3 rings (SSSR count). The van der Waals surface area contributed by atoms with E-state index < -0.39 is 9.84 Å². The van der Waals surface area contributed by atoms with Crippen LogP contribution in [0.4, 0.5) is 0 Å². The molecule has 0 atom stereocenters. The van der Waals surface area contributed by atoms with Gasteiger partial charge in [0.05, 0.1) is 10.6 Å². The predicted molar refractivity (Wildman–Crippen MR) is 73.8 cm³/mol. The summed E-state index contributed by atoms with van der Waals surface area (Å²) < 4.78 is 29.8. The van der Waals surface area contributed by atoms with Crippen LogP contribution >= 0.6 is 0 Å².